The number of carbonyl (C=O) groups is 2. The first-order chi connectivity index (χ1) is 12.6. The zero-order valence-corrected chi connectivity index (χ0v) is 15.0. The fourth-order valence-electron chi connectivity index (χ4n) is 3.24. The zero-order valence-electron chi connectivity index (χ0n) is 15.0. The highest BCUT2D eigenvalue weighted by Gasteiger charge is 2.52. The Bertz CT molecular complexity index is 679. The quantitative estimate of drug-likeness (QED) is 0.826. The second-order valence-electron chi connectivity index (χ2n) is 6.54. The van der Waals surface area contributed by atoms with E-state index in [-0.39, 0.29) is 11.3 Å². The van der Waals surface area contributed by atoms with Gasteiger partial charge < -0.3 is 19.5 Å². The number of hydrogen-bond donors (Lipinski definition) is 1. The molecular formula is C16H22F3N3O5. The van der Waals surface area contributed by atoms with Crippen molar-refractivity contribution >= 4 is 11.9 Å². The average molecular weight is 393 g/mol. The number of hydrogen-bond acceptors (Lipinski definition) is 5. The number of amides is 1. The van der Waals surface area contributed by atoms with E-state index in [9.17, 15) is 18.0 Å². The molecule has 2 fully saturated rings. The molecule has 0 spiro atoms. The van der Waals surface area contributed by atoms with E-state index in [0.717, 1.165) is 13.2 Å². The third-order valence-electron chi connectivity index (χ3n) is 4.68. The summed E-state index contributed by atoms with van der Waals surface area (Å²) in [5, 5.41) is 11.2. The van der Waals surface area contributed by atoms with Crippen molar-refractivity contribution in [2.75, 3.05) is 39.5 Å². The molecule has 1 aromatic rings. The lowest BCUT2D eigenvalue weighted by molar-refractivity contribution is -0.192. The molecule has 0 aliphatic carbocycles. The number of ether oxygens (including phenoxy) is 2. The molecule has 1 N–H and O–H groups in total. The second kappa shape index (κ2) is 8.26. The van der Waals surface area contributed by atoms with Crippen LogP contribution in [0.1, 0.15) is 17.4 Å². The summed E-state index contributed by atoms with van der Waals surface area (Å²) in [5.74, 6) is -2.32. The first-order valence-electron chi connectivity index (χ1n) is 8.33. The van der Waals surface area contributed by atoms with Crippen molar-refractivity contribution in [1.82, 2.24) is 14.7 Å². The van der Waals surface area contributed by atoms with Crippen LogP contribution in [-0.4, -0.2) is 77.4 Å². The minimum atomic E-state index is -5.08. The van der Waals surface area contributed by atoms with Crippen LogP contribution in [0.3, 0.4) is 0 Å². The van der Waals surface area contributed by atoms with Gasteiger partial charge in [-0.1, -0.05) is 0 Å². The third-order valence-corrected chi connectivity index (χ3v) is 4.68. The number of alkyl halides is 3. The van der Waals surface area contributed by atoms with Gasteiger partial charge in [-0.15, -0.1) is 0 Å². The van der Waals surface area contributed by atoms with Gasteiger partial charge in [0, 0.05) is 44.3 Å². The highest BCUT2D eigenvalue weighted by atomic mass is 19.4. The van der Waals surface area contributed by atoms with Crippen molar-refractivity contribution in [3.63, 3.8) is 0 Å². The lowest BCUT2D eigenvalue weighted by atomic mass is 9.82. The zero-order chi connectivity index (χ0) is 20.2. The number of nitrogens with zero attached hydrogens (tertiary/aromatic N) is 3. The molecule has 0 bridgehead atoms. The van der Waals surface area contributed by atoms with Gasteiger partial charge in [0.15, 0.2) is 0 Å². The van der Waals surface area contributed by atoms with Crippen molar-refractivity contribution in [2.24, 2.45) is 18.4 Å². The minimum absolute atomic E-state index is 0.0235. The van der Waals surface area contributed by atoms with Crippen LogP contribution < -0.4 is 0 Å². The molecule has 3 heterocycles. The lowest BCUT2D eigenvalue weighted by Gasteiger charge is -2.26. The molecule has 2 saturated heterocycles. The van der Waals surface area contributed by atoms with Gasteiger partial charge in [-0.05, 0) is 13.0 Å². The Balaban J connectivity index is 0.000000321. The summed E-state index contributed by atoms with van der Waals surface area (Å²) in [6.45, 7) is 6.23. The average Bonchev–Trinajstić information content (AvgIpc) is 3.25. The van der Waals surface area contributed by atoms with Crippen LogP contribution in [0.15, 0.2) is 12.3 Å². The van der Waals surface area contributed by atoms with Crippen LogP contribution in [0.2, 0.25) is 0 Å². The molecule has 2 aliphatic heterocycles. The summed E-state index contributed by atoms with van der Waals surface area (Å²) >= 11 is 0. The van der Waals surface area contributed by atoms with E-state index < -0.39 is 12.1 Å². The summed E-state index contributed by atoms with van der Waals surface area (Å²) in [7, 11) is 1.79. The van der Waals surface area contributed by atoms with E-state index in [1.165, 1.54) is 0 Å². The number of aryl methyl sites for hydroxylation is 1. The normalized spacial score (nSPS) is 24.3. The monoisotopic (exact) mass is 393 g/mol. The van der Waals surface area contributed by atoms with Gasteiger partial charge in [-0.25, -0.2) is 4.79 Å². The summed E-state index contributed by atoms with van der Waals surface area (Å²) in [5.41, 5.74) is 0.613. The van der Waals surface area contributed by atoms with Gasteiger partial charge in [0.05, 0.1) is 19.8 Å². The number of aromatic nitrogens is 2. The van der Waals surface area contributed by atoms with E-state index in [0.29, 0.717) is 38.0 Å². The van der Waals surface area contributed by atoms with E-state index >= 15 is 0 Å². The van der Waals surface area contributed by atoms with Crippen LogP contribution in [-0.2, 0) is 21.3 Å². The minimum Gasteiger partial charge on any atom is -0.475 e. The number of carboxylic acid groups (broad SMARTS) is 1. The van der Waals surface area contributed by atoms with Crippen LogP contribution in [0.5, 0.6) is 0 Å². The van der Waals surface area contributed by atoms with Crippen molar-refractivity contribution in [3.05, 3.63) is 18.0 Å². The van der Waals surface area contributed by atoms with Crippen LogP contribution in [0.4, 0.5) is 13.2 Å². The fraction of sp³-hybridized carbons (Fsp3) is 0.688. The first-order valence-corrected chi connectivity index (χ1v) is 8.33. The molecule has 11 heteroatoms. The molecule has 8 nitrogen and oxygen atoms in total. The van der Waals surface area contributed by atoms with Gasteiger partial charge in [-0.2, -0.15) is 18.3 Å². The SMILES string of the molecule is CCOC[C@]12COC[C@H]1CN(C(=O)c1ccnn1C)C2.O=C(O)C(F)(F)F. The highest BCUT2D eigenvalue weighted by molar-refractivity contribution is 5.92. The number of fused-ring (bicyclic) bond motifs is 1. The molecule has 2 atom stereocenters. The number of carbonyl (C=O) groups excluding carboxylic acids is 1. The summed E-state index contributed by atoms with van der Waals surface area (Å²) < 4.78 is 44.6. The molecule has 0 unspecified atom stereocenters. The number of rotatable bonds is 4. The van der Waals surface area contributed by atoms with E-state index in [2.05, 4.69) is 5.10 Å². The highest BCUT2D eigenvalue weighted by Crippen LogP contribution is 2.41. The van der Waals surface area contributed by atoms with Crippen LogP contribution in [0, 0.1) is 11.3 Å². The number of likely N-dealkylation sites (tertiary alicyclic amines) is 1. The Labute approximate surface area is 153 Å². The Morgan fingerprint density at radius 2 is 2.15 bits per heavy atom. The Morgan fingerprint density at radius 3 is 2.67 bits per heavy atom. The molecule has 0 radical (unpaired) electrons. The number of halogens is 3. The predicted octanol–water partition coefficient (Wildman–Crippen LogP) is 1.18. The van der Waals surface area contributed by atoms with E-state index in [1.807, 2.05) is 11.8 Å². The standard InChI is InChI=1S/C14H21N3O3.C2HF3O2/c1-3-19-9-14-8-17(6-11(14)7-20-10-14)13(18)12-4-5-15-16(12)2;3-2(4,5)1(6)7/h4-5,11H,3,6-10H2,1-2H3;(H,6,7)/t11-,14-;/m1./s1. The Hall–Kier alpha value is -2.14. The maximum atomic E-state index is 12.6. The molecule has 152 valence electrons. The molecular weight excluding hydrogens is 371 g/mol. The Kier molecular flexibility index (Phi) is 6.47. The van der Waals surface area contributed by atoms with Gasteiger partial charge in [0.25, 0.3) is 5.91 Å². The topological polar surface area (TPSA) is 93.9 Å². The summed E-state index contributed by atoms with van der Waals surface area (Å²) in [6.07, 6.45) is -3.43. The third kappa shape index (κ3) is 4.78. The number of carboxylic acids is 1. The fourth-order valence-corrected chi connectivity index (χ4v) is 3.24. The van der Waals surface area contributed by atoms with Gasteiger partial charge in [0.1, 0.15) is 5.69 Å². The molecule has 27 heavy (non-hydrogen) atoms. The second-order valence-corrected chi connectivity index (χ2v) is 6.54. The van der Waals surface area contributed by atoms with Gasteiger partial charge >= 0.3 is 12.1 Å². The number of aliphatic carboxylic acids is 1. The molecule has 2 aliphatic rings. The maximum Gasteiger partial charge on any atom is 0.490 e. The smallest absolute Gasteiger partial charge is 0.475 e. The van der Waals surface area contributed by atoms with Gasteiger partial charge in [-0.3, -0.25) is 9.48 Å². The summed E-state index contributed by atoms with van der Waals surface area (Å²) in [4.78, 5) is 23.4. The van der Waals surface area contributed by atoms with Gasteiger partial charge in [0.2, 0.25) is 0 Å². The maximum absolute atomic E-state index is 12.6. The van der Waals surface area contributed by atoms with Crippen molar-refractivity contribution in [3.8, 4) is 0 Å². The van der Waals surface area contributed by atoms with Crippen LogP contribution >= 0.6 is 0 Å². The molecule has 1 aromatic heterocycles. The molecule has 3 rings (SSSR count). The lowest BCUT2D eigenvalue weighted by Crippen LogP contribution is -2.37. The Morgan fingerprint density at radius 1 is 1.48 bits per heavy atom. The molecule has 1 amide bonds. The van der Waals surface area contributed by atoms with E-state index in [4.69, 9.17) is 19.4 Å². The van der Waals surface area contributed by atoms with Crippen LogP contribution in [0.25, 0.3) is 0 Å². The summed E-state index contributed by atoms with van der Waals surface area (Å²) in [6, 6.07) is 1.77. The molecule has 0 aromatic carbocycles. The molecule has 0 saturated carbocycles. The predicted molar refractivity (Wildman–Crippen MR) is 86.0 cm³/mol. The first kappa shape index (κ1) is 21.2. The van der Waals surface area contributed by atoms with Crippen molar-refractivity contribution < 1.29 is 37.3 Å². The van der Waals surface area contributed by atoms with E-state index in [1.54, 1.807) is 24.0 Å². The largest absolute Gasteiger partial charge is 0.490 e. The van der Waals surface area contributed by atoms with Crippen molar-refractivity contribution in [2.45, 2.75) is 13.1 Å². The van der Waals surface area contributed by atoms with Crippen molar-refractivity contribution in [1.29, 1.82) is 0 Å².